The molecule has 1 aliphatic rings. The number of rotatable bonds is 2. The molecule has 0 aromatic carbocycles. The predicted octanol–water partition coefficient (Wildman–Crippen LogP) is -0.216. The fourth-order valence-corrected chi connectivity index (χ4v) is 3.01. The van der Waals surface area contributed by atoms with Crippen LogP contribution in [0.15, 0.2) is 0 Å². The van der Waals surface area contributed by atoms with Crippen molar-refractivity contribution in [3.8, 4) is 0 Å². The van der Waals surface area contributed by atoms with Crippen molar-refractivity contribution >= 4 is 13.0 Å². The van der Waals surface area contributed by atoms with Gasteiger partial charge >= 0.3 is 0 Å². The van der Waals surface area contributed by atoms with Crippen LogP contribution in [0, 0.1) is 5.92 Å². The Morgan fingerprint density at radius 2 is 2.23 bits per heavy atom. The third kappa shape index (κ3) is 2.53. The van der Waals surface area contributed by atoms with Crippen molar-refractivity contribution in [2.75, 3.05) is 26.0 Å². The molecular formula is C7H15N2O3P. The van der Waals surface area contributed by atoms with E-state index in [-0.39, 0.29) is 12.5 Å². The van der Waals surface area contributed by atoms with Gasteiger partial charge in [0.1, 0.15) is 0 Å². The van der Waals surface area contributed by atoms with Gasteiger partial charge < -0.3 is 10.3 Å². The van der Waals surface area contributed by atoms with Crippen LogP contribution < -0.4 is 5.73 Å². The summed E-state index contributed by atoms with van der Waals surface area (Å²) in [4.78, 5) is 11.1. The van der Waals surface area contributed by atoms with E-state index in [4.69, 9.17) is 10.9 Å². The molecule has 0 radical (unpaired) electrons. The van der Waals surface area contributed by atoms with Gasteiger partial charge in [-0.2, -0.15) is 0 Å². The van der Waals surface area contributed by atoms with Gasteiger partial charge in [-0.1, -0.05) is 0 Å². The summed E-state index contributed by atoms with van der Waals surface area (Å²) < 4.78 is 11.5. The fourth-order valence-electron chi connectivity index (χ4n) is 1.54. The van der Waals surface area contributed by atoms with E-state index in [2.05, 4.69) is 0 Å². The largest absolute Gasteiger partial charge is 0.324 e. The molecule has 0 aliphatic carbocycles. The number of amides is 1. The van der Waals surface area contributed by atoms with E-state index in [1.807, 2.05) is 0 Å². The standard InChI is InChI=1S/C7H15N2O3P/c1-13(2,12)4-5-3-9(11)7(10)6(5)8/h5-6,11H,3-4,8H2,1-2H3. The molecular weight excluding hydrogens is 191 g/mol. The van der Waals surface area contributed by atoms with Gasteiger partial charge in [0.05, 0.1) is 19.7 Å². The normalized spacial score (nSPS) is 29.8. The molecule has 1 heterocycles. The molecule has 76 valence electrons. The minimum atomic E-state index is -2.18. The summed E-state index contributed by atoms with van der Waals surface area (Å²) >= 11 is 0. The summed E-state index contributed by atoms with van der Waals surface area (Å²) in [5.41, 5.74) is 5.55. The first-order valence-corrected chi connectivity index (χ1v) is 6.90. The molecule has 2 atom stereocenters. The molecule has 0 saturated carbocycles. The van der Waals surface area contributed by atoms with E-state index in [1.54, 1.807) is 13.3 Å². The second-order valence-electron chi connectivity index (χ2n) is 3.96. The molecule has 1 saturated heterocycles. The maximum absolute atomic E-state index is 11.5. The van der Waals surface area contributed by atoms with Crippen molar-refractivity contribution in [2.24, 2.45) is 11.7 Å². The number of carbonyl (C=O) groups is 1. The van der Waals surface area contributed by atoms with Crippen LogP contribution in [-0.2, 0) is 9.36 Å². The maximum Gasteiger partial charge on any atom is 0.263 e. The Bertz CT molecular complexity index is 262. The summed E-state index contributed by atoms with van der Waals surface area (Å²) in [6, 6.07) is -0.696. The zero-order valence-electron chi connectivity index (χ0n) is 7.80. The molecule has 1 amide bonds. The second kappa shape index (κ2) is 3.40. The number of nitrogens with zero attached hydrogens (tertiary/aromatic N) is 1. The molecule has 6 heteroatoms. The van der Waals surface area contributed by atoms with E-state index >= 15 is 0 Å². The number of carbonyl (C=O) groups excluding carboxylic acids is 1. The van der Waals surface area contributed by atoms with Crippen LogP contribution in [0.5, 0.6) is 0 Å². The number of hydroxylamine groups is 2. The lowest BCUT2D eigenvalue weighted by Gasteiger charge is -2.14. The molecule has 0 bridgehead atoms. The minimum absolute atomic E-state index is 0.182. The minimum Gasteiger partial charge on any atom is -0.324 e. The van der Waals surface area contributed by atoms with Gasteiger partial charge in [-0.15, -0.1) is 0 Å². The zero-order chi connectivity index (χ0) is 10.2. The van der Waals surface area contributed by atoms with Crippen LogP contribution in [0.25, 0.3) is 0 Å². The van der Waals surface area contributed by atoms with E-state index in [0.717, 1.165) is 0 Å². The molecule has 0 aromatic rings. The molecule has 5 nitrogen and oxygen atoms in total. The Hall–Kier alpha value is -0.380. The Morgan fingerprint density at radius 1 is 1.69 bits per heavy atom. The number of hydrogen-bond donors (Lipinski definition) is 2. The average Bonchev–Trinajstić information content (AvgIpc) is 2.15. The summed E-state index contributed by atoms with van der Waals surface area (Å²) in [5.74, 6) is -0.656. The smallest absolute Gasteiger partial charge is 0.263 e. The van der Waals surface area contributed by atoms with Crippen molar-refractivity contribution in [1.29, 1.82) is 0 Å². The van der Waals surface area contributed by atoms with Gasteiger partial charge in [-0.3, -0.25) is 10.0 Å². The first kappa shape index (κ1) is 10.7. The van der Waals surface area contributed by atoms with E-state index in [0.29, 0.717) is 11.2 Å². The van der Waals surface area contributed by atoms with Crippen molar-refractivity contribution in [2.45, 2.75) is 6.04 Å². The van der Waals surface area contributed by atoms with Crippen LogP contribution in [0.1, 0.15) is 0 Å². The molecule has 13 heavy (non-hydrogen) atoms. The lowest BCUT2D eigenvalue weighted by atomic mass is 10.1. The highest BCUT2D eigenvalue weighted by molar-refractivity contribution is 7.62. The second-order valence-corrected chi connectivity index (χ2v) is 7.48. The van der Waals surface area contributed by atoms with Crippen LogP contribution in [-0.4, -0.2) is 48.3 Å². The molecule has 2 unspecified atom stereocenters. The van der Waals surface area contributed by atoms with Crippen molar-refractivity contribution < 1.29 is 14.6 Å². The van der Waals surface area contributed by atoms with Gasteiger partial charge in [0, 0.05) is 12.1 Å². The van der Waals surface area contributed by atoms with Crippen LogP contribution in [0.4, 0.5) is 0 Å². The third-order valence-electron chi connectivity index (χ3n) is 2.13. The quantitative estimate of drug-likeness (QED) is 0.483. The summed E-state index contributed by atoms with van der Waals surface area (Å²) in [5, 5.41) is 9.67. The third-order valence-corrected chi connectivity index (χ3v) is 3.48. The fraction of sp³-hybridized carbons (Fsp3) is 0.857. The first-order chi connectivity index (χ1) is 5.81. The number of nitrogens with two attached hydrogens (primary N) is 1. The molecule has 0 aromatic heterocycles. The van der Waals surface area contributed by atoms with Crippen molar-refractivity contribution in [1.82, 2.24) is 5.06 Å². The van der Waals surface area contributed by atoms with Gasteiger partial charge in [0.15, 0.2) is 0 Å². The lowest BCUT2D eigenvalue weighted by Crippen LogP contribution is -2.35. The highest BCUT2D eigenvalue weighted by Crippen LogP contribution is 2.40. The molecule has 1 fully saturated rings. The monoisotopic (exact) mass is 206 g/mol. The number of hydrogen-bond acceptors (Lipinski definition) is 4. The van der Waals surface area contributed by atoms with Crippen LogP contribution in [0.3, 0.4) is 0 Å². The van der Waals surface area contributed by atoms with Gasteiger partial charge in [-0.05, 0) is 13.3 Å². The highest BCUT2D eigenvalue weighted by Gasteiger charge is 2.38. The summed E-state index contributed by atoms with van der Waals surface area (Å²) in [6.07, 6.45) is 0.414. The lowest BCUT2D eigenvalue weighted by molar-refractivity contribution is -0.158. The Kier molecular flexibility index (Phi) is 2.80. The summed E-state index contributed by atoms with van der Waals surface area (Å²) in [7, 11) is -2.18. The van der Waals surface area contributed by atoms with Crippen LogP contribution >= 0.6 is 7.14 Å². The Labute approximate surface area is 77.2 Å². The SMILES string of the molecule is CP(C)(=O)CC1CN(O)C(=O)C1N. The maximum atomic E-state index is 11.5. The van der Waals surface area contributed by atoms with Gasteiger partial charge in [-0.25, -0.2) is 5.06 Å². The van der Waals surface area contributed by atoms with E-state index in [1.165, 1.54) is 0 Å². The molecule has 1 aliphatic heterocycles. The first-order valence-electron chi connectivity index (χ1n) is 4.11. The average molecular weight is 206 g/mol. The Balaban J connectivity index is 2.64. The highest BCUT2D eigenvalue weighted by atomic mass is 31.2. The molecule has 0 spiro atoms. The van der Waals surface area contributed by atoms with Gasteiger partial charge in [0.2, 0.25) is 0 Å². The van der Waals surface area contributed by atoms with Crippen LogP contribution in [0.2, 0.25) is 0 Å². The van der Waals surface area contributed by atoms with E-state index < -0.39 is 19.1 Å². The zero-order valence-corrected chi connectivity index (χ0v) is 8.70. The van der Waals surface area contributed by atoms with Gasteiger partial charge in [0.25, 0.3) is 5.91 Å². The molecule has 1 rings (SSSR count). The van der Waals surface area contributed by atoms with E-state index in [9.17, 15) is 9.36 Å². The predicted molar refractivity (Wildman–Crippen MR) is 49.3 cm³/mol. The van der Waals surface area contributed by atoms with Crippen molar-refractivity contribution in [3.05, 3.63) is 0 Å². The topological polar surface area (TPSA) is 83.6 Å². The Morgan fingerprint density at radius 3 is 2.54 bits per heavy atom. The van der Waals surface area contributed by atoms with Crippen molar-refractivity contribution in [3.63, 3.8) is 0 Å². The summed E-state index contributed by atoms with van der Waals surface area (Å²) in [6.45, 7) is 3.51. The molecule has 3 N–H and O–H groups in total.